The molecule has 15 heavy (non-hydrogen) atoms. The second-order valence-electron chi connectivity index (χ2n) is 3.26. The molecule has 0 aromatic heterocycles. The van der Waals surface area contributed by atoms with Crippen molar-refractivity contribution in [3.63, 3.8) is 0 Å². The maximum absolute atomic E-state index is 13.1. The lowest BCUT2D eigenvalue weighted by Gasteiger charge is -2.09. The molecule has 0 saturated heterocycles. The number of halogens is 2. The van der Waals surface area contributed by atoms with Crippen LogP contribution < -0.4 is 11.1 Å². The summed E-state index contributed by atoms with van der Waals surface area (Å²) < 4.78 is 25.8. The monoisotopic (exact) mass is 216 g/mol. The fourth-order valence-electron chi connectivity index (χ4n) is 1.14. The summed E-state index contributed by atoms with van der Waals surface area (Å²) in [4.78, 5) is 0. The van der Waals surface area contributed by atoms with Gasteiger partial charge in [0.15, 0.2) is 0 Å². The minimum absolute atomic E-state index is 0.138. The molecule has 0 aliphatic heterocycles. The fourth-order valence-corrected chi connectivity index (χ4v) is 1.14. The Labute approximate surface area is 86.9 Å². The van der Waals surface area contributed by atoms with Crippen LogP contribution in [0.3, 0.4) is 0 Å². The standard InChI is InChI=1S/C10H14F2N2O/c11-8-1-2-10(12)7(3-8)5-14-6-9(15)4-13/h1-3,9,14-15H,4-6,13H2. The van der Waals surface area contributed by atoms with Crippen LogP contribution >= 0.6 is 0 Å². The Morgan fingerprint density at radius 3 is 2.80 bits per heavy atom. The van der Waals surface area contributed by atoms with Crippen molar-refractivity contribution in [2.24, 2.45) is 5.73 Å². The highest BCUT2D eigenvalue weighted by atomic mass is 19.1. The number of hydrogen-bond donors (Lipinski definition) is 3. The van der Waals surface area contributed by atoms with Crippen molar-refractivity contribution >= 4 is 0 Å². The molecule has 1 aromatic rings. The number of aliphatic hydroxyl groups excluding tert-OH is 1. The number of benzene rings is 1. The predicted molar refractivity (Wildman–Crippen MR) is 53.1 cm³/mol. The highest BCUT2D eigenvalue weighted by Crippen LogP contribution is 2.08. The minimum Gasteiger partial charge on any atom is -0.390 e. The van der Waals surface area contributed by atoms with E-state index in [0.29, 0.717) is 0 Å². The third kappa shape index (κ3) is 3.91. The number of hydrogen-bond acceptors (Lipinski definition) is 3. The van der Waals surface area contributed by atoms with Crippen LogP contribution in [0.2, 0.25) is 0 Å². The van der Waals surface area contributed by atoms with Crippen LogP contribution in [-0.4, -0.2) is 24.3 Å². The van der Waals surface area contributed by atoms with Gasteiger partial charge in [-0.25, -0.2) is 8.78 Å². The second-order valence-corrected chi connectivity index (χ2v) is 3.26. The SMILES string of the molecule is NCC(O)CNCc1cc(F)ccc1F. The van der Waals surface area contributed by atoms with Crippen molar-refractivity contribution < 1.29 is 13.9 Å². The van der Waals surface area contributed by atoms with E-state index in [2.05, 4.69) is 5.32 Å². The van der Waals surface area contributed by atoms with Gasteiger partial charge >= 0.3 is 0 Å². The summed E-state index contributed by atoms with van der Waals surface area (Å²) in [5.74, 6) is -0.946. The Hall–Kier alpha value is -1.04. The largest absolute Gasteiger partial charge is 0.390 e. The molecule has 1 rings (SSSR count). The van der Waals surface area contributed by atoms with Crippen LogP contribution in [0.4, 0.5) is 8.78 Å². The smallest absolute Gasteiger partial charge is 0.127 e. The molecule has 1 unspecified atom stereocenters. The van der Waals surface area contributed by atoms with Crippen LogP contribution in [0, 0.1) is 11.6 Å². The van der Waals surface area contributed by atoms with E-state index < -0.39 is 17.7 Å². The van der Waals surface area contributed by atoms with Gasteiger partial charge in [0.2, 0.25) is 0 Å². The first-order chi connectivity index (χ1) is 7.13. The molecule has 0 aliphatic rings. The molecule has 5 heteroatoms. The van der Waals surface area contributed by atoms with Crippen LogP contribution in [0.5, 0.6) is 0 Å². The molecule has 0 amide bonds. The normalized spacial score (nSPS) is 12.8. The van der Waals surface area contributed by atoms with Crippen molar-refractivity contribution in [1.29, 1.82) is 0 Å². The van der Waals surface area contributed by atoms with E-state index in [9.17, 15) is 8.78 Å². The van der Waals surface area contributed by atoms with E-state index in [1.54, 1.807) is 0 Å². The van der Waals surface area contributed by atoms with Crippen molar-refractivity contribution in [2.45, 2.75) is 12.6 Å². The molecule has 84 valence electrons. The third-order valence-electron chi connectivity index (χ3n) is 1.98. The molecule has 0 spiro atoms. The van der Waals surface area contributed by atoms with E-state index in [4.69, 9.17) is 10.8 Å². The molecular weight excluding hydrogens is 202 g/mol. The first kappa shape index (κ1) is 12.0. The van der Waals surface area contributed by atoms with Crippen molar-refractivity contribution in [3.8, 4) is 0 Å². The molecule has 0 bridgehead atoms. The Morgan fingerprint density at radius 1 is 1.40 bits per heavy atom. The zero-order valence-electron chi connectivity index (χ0n) is 8.21. The molecule has 3 nitrogen and oxygen atoms in total. The van der Waals surface area contributed by atoms with E-state index in [0.717, 1.165) is 18.2 Å². The minimum atomic E-state index is -0.665. The number of aliphatic hydroxyl groups is 1. The molecule has 0 heterocycles. The predicted octanol–water partition coefficient (Wildman–Crippen LogP) is 0.374. The van der Waals surface area contributed by atoms with Gasteiger partial charge in [-0.05, 0) is 18.2 Å². The van der Waals surface area contributed by atoms with Crippen molar-refractivity contribution in [3.05, 3.63) is 35.4 Å². The Morgan fingerprint density at radius 2 is 2.13 bits per heavy atom. The highest BCUT2D eigenvalue weighted by Gasteiger charge is 2.04. The lowest BCUT2D eigenvalue weighted by Crippen LogP contribution is -2.32. The molecule has 0 aliphatic carbocycles. The van der Waals surface area contributed by atoms with E-state index >= 15 is 0 Å². The van der Waals surface area contributed by atoms with Crippen LogP contribution in [-0.2, 0) is 6.54 Å². The summed E-state index contributed by atoms with van der Waals surface area (Å²) >= 11 is 0. The molecule has 1 aromatic carbocycles. The molecule has 0 saturated carbocycles. The lowest BCUT2D eigenvalue weighted by molar-refractivity contribution is 0.179. The summed E-state index contributed by atoms with van der Waals surface area (Å²) in [6.07, 6.45) is -0.665. The lowest BCUT2D eigenvalue weighted by atomic mass is 10.2. The maximum atomic E-state index is 13.1. The van der Waals surface area contributed by atoms with Crippen molar-refractivity contribution in [1.82, 2.24) is 5.32 Å². The first-order valence-corrected chi connectivity index (χ1v) is 4.66. The van der Waals surface area contributed by atoms with Gasteiger partial charge in [0.05, 0.1) is 6.10 Å². The molecule has 4 N–H and O–H groups in total. The average Bonchev–Trinajstić information content (AvgIpc) is 2.23. The Bertz CT molecular complexity index is 320. The van der Waals surface area contributed by atoms with Gasteiger partial charge in [0.25, 0.3) is 0 Å². The van der Waals surface area contributed by atoms with Gasteiger partial charge in [-0.1, -0.05) is 0 Å². The number of nitrogens with one attached hydrogen (secondary N) is 1. The molecular formula is C10H14F2N2O. The number of rotatable bonds is 5. The van der Waals surface area contributed by atoms with Gasteiger partial charge in [-0.15, -0.1) is 0 Å². The van der Waals surface area contributed by atoms with E-state index in [1.807, 2.05) is 0 Å². The Kier molecular flexibility index (Phi) is 4.61. The maximum Gasteiger partial charge on any atom is 0.127 e. The van der Waals surface area contributed by atoms with Gasteiger partial charge < -0.3 is 16.2 Å². The zero-order valence-corrected chi connectivity index (χ0v) is 8.21. The van der Waals surface area contributed by atoms with Crippen LogP contribution in [0.15, 0.2) is 18.2 Å². The highest BCUT2D eigenvalue weighted by molar-refractivity contribution is 5.18. The first-order valence-electron chi connectivity index (χ1n) is 4.66. The van der Waals surface area contributed by atoms with Gasteiger partial charge in [0.1, 0.15) is 11.6 Å². The average molecular weight is 216 g/mol. The van der Waals surface area contributed by atoms with Gasteiger partial charge in [0, 0.05) is 25.2 Å². The summed E-state index contributed by atoms with van der Waals surface area (Å²) in [7, 11) is 0. The second kappa shape index (κ2) is 5.75. The summed E-state index contributed by atoms with van der Waals surface area (Å²) in [6, 6.07) is 3.26. The summed E-state index contributed by atoms with van der Waals surface area (Å²) in [6.45, 7) is 0.561. The Balaban J connectivity index is 2.46. The summed E-state index contributed by atoms with van der Waals surface area (Å²) in [5.41, 5.74) is 5.42. The molecule has 0 fully saturated rings. The zero-order chi connectivity index (χ0) is 11.3. The van der Waals surface area contributed by atoms with E-state index in [-0.39, 0.29) is 25.2 Å². The topological polar surface area (TPSA) is 58.3 Å². The van der Waals surface area contributed by atoms with Gasteiger partial charge in [-0.3, -0.25) is 0 Å². The van der Waals surface area contributed by atoms with Gasteiger partial charge in [-0.2, -0.15) is 0 Å². The molecule has 0 radical (unpaired) electrons. The number of nitrogens with two attached hydrogens (primary N) is 1. The summed E-state index contributed by atoms with van der Waals surface area (Å²) in [5, 5.41) is 11.9. The van der Waals surface area contributed by atoms with Crippen LogP contribution in [0.25, 0.3) is 0 Å². The van der Waals surface area contributed by atoms with Crippen molar-refractivity contribution in [2.75, 3.05) is 13.1 Å². The molecule has 1 atom stereocenters. The fraction of sp³-hybridized carbons (Fsp3) is 0.400. The van der Waals surface area contributed by atoms with Crippen LogP contribution in [0.1, 0.15) is 5.56 Å². The van der Waals surface area contributed by atoms with E-state index in [1.165, 1.54) is 0 Å². The quantitative estimate of drug-likeness (QED) is 0.666. The third-order valence-corrected chi connectivity index (χ3v) is 1.98.